The molecule has 1 aromatic heterocycles. The van der Waals surface area contributed by atoms with Crippen LogP contribution in [0.15, 0.2) is 23.4 Å². The Morgan fingerprint density at radius 3 is 2.90 bits per heavy atom. The molecule has 2 aliphatic heterocycles. The summed E-state index contributed by atoms with van der Waals surface area (Å²) in [5.41, 5.74) is 0.632. The Hall–Kier alpha value is -2.27. The molecule has 0 radical (unpaired) electrons. The van der Waals surface area contributed by atoms with Crippen molar-refractivity contribution in [3.05, 3.63) is 24.0 Å². The molecule has 1 aromatic carbocycles. The first-order chi connectivity index (χ1) is 13.8. The molecule has 0 aliphatic carbocycles. The highest BCUT2D eigenvalue weighted by atomic mass is 32.2. The minimum absolute atomic E-state index is 0.0764. The fourth-order valence-electron chi connectivity index (χ4n) is 3.35. The zero-order chi connectivity index (χ0) is 20.6. The van der Waals surface area contributed by atoms with E-state index in [1.165, 1.54) is 11.8 Å². The number of sulfone groups is 1. The normalized spacial score (nSPS) is 20.6. The van der Waals surface area contributed by atoms with Crippen LogP contribution in [0.5, 0.6) is 11.5 Å². The highest BCUT2D eigenvalue weighted by Gasteiger charge is 2.29. The Labute approximate surface area is 173 Å². The number of ether oxygens (including phenoxy) is 2. The van der Waals surface area contributed by atoms with E-state index in [2.05, 4.69) is 15.5 Å². The number of carbonyl (C=O) groups is 1. The average Bonchev–Trinajstić information content (AvgIpc) is 3.36. The molecule has 1 saturated heterocycles. The number of amides is 1. The molecule has 0 saturated carbocycles. The van der Waals surface area contributed by atoms with Gasteiger partial charge in [0.2, 0.25) is 12.7 Å². The van der Waals surface area contributed by atoms with Crippen molar-refractivity contribution < 1.29 is 22.7 Å². The van der Waals surface area contributed by atoms with E-state index in [-0.39, 0.29) is 30.1 Å². The molecule has 0 unspecified atom stereocenters. The van der Waals surface area contributed by atoms with Gasteiger partial charge in [0.05, 0.1) is 16.8 Å². The number of hydrogen-bond donors (Lipinski definition) is 1. The van der Waals surface area contributed by atoms with Crippen LogP contribution >= 0.6 is 11.8 Å². The number of anilines is 1. The Bertz CT molecular complexity index is 1040. The molecule has 2 aromatic rings. The third kappa shape index (κ3) is 4.50. The molecule has 0 bridgehead atoms. The van der Waals surface area contributed by atoms with Crippen LogP contribution in [-0.4, -0.2) is 52.6 Å². The number of fused-ring (bicyclic) bond motifs is 1. The number of benzene rings is 1. The van der Waals surface area contributed by atoms with Crippen LogP contribution < -0.4 is 14.8 Å². The molecule has 2 atom stereocenters. The number of aromatic nitrogens is 3. The van der Waals surface area contributed by atoms with Crippen molar-refractivity contribution in [1.82, 2.24) is 14.8 Å². The van der Waals surface area contributed by atoms with Crippen LogP contribution in [0.4, 0.5) is 5.69 Å². The Balaban J connectivity index is 1.36. The van der Waals surface area contributed by atoms with Crippen LogP contribution in [-0.2, 0) is 28.1 Å². The maximum absolute atomic E-state index is 12.6. The van der Waals surface area contributed by atoms with E-state index in [1.807, 2.05) is 11.6 Å². The molecule has 1 fully saturated rings. The van der Waals surface area contributed by atoms with Crippen molar-refractivity contribution in [2.24, 2.45) is 13.0 Å². The Morgan fingerprint density at radius 2 is 2.14 bits per heavy atom. The first kappa shape index (κ1) is 20.0. The van der Waals surface area contributed by atoms with Crippen LogP contribution in [0, 0.1) is 5.92 Å². The van der Waals surface area contributed by atoms with Gasteiger partial charge in [-0.15, -0.1) is 10.2 Å². The SMILES string of the molecule is C[C@H](Sc1nnc(C[C@@H]2CCS(=O)(=O)C2)n1C)C(=O)Nc1ccc2c(c1)OCO2. The van der Waals surface area contributed by atoms with Crippen molar-refractivity contribution in [3.63, 3.8) is 0 Å². The lowest BCUT2D eigenvalue weighted by Gasteiger charge is -2.12. The van der Waals surface area contributed by atoms with Gasteiger partial charge in [0.15, 0.2) is 26.5 Å². The third-order valence-corrected chi connectivity index (χ3v) is 7.99. The second-order valence-electron chi connectivity index (χ2n) is 7.25. The first-order valence-corrected chi connectivity index (χ1v) is 12.0. The zero-order valence-corrected chi connectivity index (χ0v) is 17.8. The van der Waals surface area contributed by atoms with Crippen LogP contribution in [0.1, 0.15) is 19.2 Å². The standard InChI is InChI=1S/C18H22N4O5S2/c1-11(17(23)19-13-3-4-14-15(8-13)27-10-26-14)28-18-21-20-16(22(18)2)7-12-5-6-29(24,25)9-12/h3-4,8,11-12H,5-7,9-10H2,1-2H3,(H,19,23)/t11-,12-/m0/s1. The quantitative estimate of drug-likeness (QED) is 0.678. The molecular weight excluding hydrogens is 416 g/mol. The lowest BCUT2D eigenvalue weighted by atomic mass is 10.1. The Morgan fingerprint density at radius 1 is 1.34 bits per heavy atom. The smallest absolute Gasteiger partial charge is 0.237 e. The van der Waals surface area contributed by atoms with Crippen molar-refractivity contribution in [2.75, 3.05) is 23.6 Å². The number of thioether (sulfide) groups is 1. The molecule has 3 heterocycles. The number of carbonyl (C=O) groups excluding carboxylic acids is 1. The van der Waals surface area contributed by atoms with Gasteiger partial charge in [-0.1, -0.05) is 11.8 Å². The number of rotatable bonds is 6. The van der Waals surface area contributed by atoms with E-state index < -0.39 is 15.1 Å². The summed E-state index contributed by atoms with van der Waals surface area (Å²) in [5.74, 6) is 2.36. The molecular formula is C18H22N4O5S2. The highest BCUT2D eigenvalue weighted by Crippen LogP contribution is 2.34. The number of hydrogen-bond acceptors (Lipinski definition) is 8. The minimum Gasteiger partial charge on any atom is -0.454 e. The molecule has 0 spiro atoms. The number of nitrogens with zero attached hydrogens (tertiary/aromatic N) is 3. The van der Waals surface area contributed by atoms with Gasteiger partial charge in [0.25, 0.3) is 0 Å². The van der Waals surface area contributed by atoms with Gasteiger partial charge in [0.1, 0.15) is 5.82 Å². The molecule has 156 valence electrons. The summed E-state index contributed by atoms with van der Waals surface area (Å²) in [5, 5.41) is 11.5. The third-order valence-electron chi connectivity index (χ3n) is 5.01. The molecule has 11 heteroatoms. The summed E-state index contributed by atoms with van der Waals surface area (Å²) >= 11 is 1.30. The van der Waals surface area contributed by atoms with Gasteiger partial charge in [0, 0.05) is 25.2 Å². The van der Waals surface area contributed by atoms with Crippen molar-refractivity contribution >= 4 is 33.2 Å². The van der Waals surface area contributed by atoms with E-state index in [0.717, 1.165) is 5.82 Å². The maximum atomic E-state index is 12.6. The van der Waals surface area contributed by atoms with E-state index in [0.29, 0.717) is 35.2 Å². The molecule has 1 N–H and O–H groups in total. The van der Waals surface area contributed by atoms with Crippen molar-refractivity contribution in [1.29, 1.82) is 0 Å². The van der Waals surface area contributed by atoms with E-state index in [9.17, 15) is 13.2 Å². The van der Waals surface area contributed by atoms with Gasteiger partial charge in [-0.05, 0) is 31.4 Å². The lowest BCUT2D eigenvalue weighted by Crippen LogP contribution is -2.22. The van der Waals surface area contributed by atoms with Gasteiger partial charge in [-0.2, -0.15) is 0 Å². The summed E-state index contributed by atoms with van der Waals surface area (Å²) < 4.78 is 35.7. The van der Waals surface area contributed by atoms with Gasteiger partial charge < -0.3 is 19.4 Å². The van der Waals surface area contributed by atoms with Gasteiger partial charge in [-0.25, -0.2) is 8.42 Å². The van der Waals surface area contributed by atoms with Crippen LogP contribution in [0.25, 0.3) is 0 Å². The monoisotopic (exact) mass is 438 g/mol. The number of nitrogens with one attached hydrogen (secondary N) is 1. The largest absolute Gasteiger partial charge is 0.454 e. The fourth-order valence-corrected chi connectivity index (χ4v) is 6.04. The summed E-state index contributed by atoms with van der Waals surface area (Å²) in [6, 6.07) is 5.25. The summed E-state index contributed by atoms with van der Waals surface area (Å²) in [7, 11) is -1.08. The predicted octanol–water partition coefficient (Wildman–Crippen LogP) is 1.64. The van der Waals surface area contributed by atoms with Crippen molar-refractivity contribution in [3.8, 4) is 11.5 Å². The second-order valence-corrected chi connectivity index (χ2v) is 10.8. The van der Waals surface area contributed by atoms with E-state index >= 15 is 0 Å². The lowest BCUT2D eigenvalue weighted by molar-refractivity contribution is -0.115. The second kappa shape index (κ2) is 7.86. The first-order valence-electron chi connectivity index (χ1n) is 9.26. The van der Waals surface area contributed by atoms with Gasteiger partial charge >= 0.3 is 0 Å². The predicted molar refractivity (Wildman–Crippen MR) is 108 cm³/mol. The van der Waals surface area contributed by atoms with E-state index in [4.69, 9.17) is 9.47 Å². The molecule has 2 aliphatic rings. The zero-order valence-electron chi connectivity index (χ0n) is 16.1. The highest BCUT2D eigenvalue weighted by molar-refractivity contribution is 8.00. The summed E-state index contributed by atoms with van der Waals surface area (Å²) in [6.07, 6.45) is 1.23. The Kier molecular flexibility index (Phi) is 5.43. The average molecular weight is 439 g/mol. The van der Waals surface area contributed by atoms with Crippen LogP contribution in [0.2, 0.25) is 0 Å². The van der Waals surface area contributed by atoms with Crippen LogP contribution in [0.3, 0.4) is 0 Å². The molecule has 1 amide bonds. The van der Waals surface area contributed by atoms with E-state index in [1.54, 1.807) is 25.1 Å². The van der Waals surface area contributed by atoms with Gasteiger partial charge in [-0.3, -0.25) is 4.79 Å². The topological polar surface area (TPSA) is 112 Å². The molecule has 29 heavy (non-hydrogen) atoms. The summed E-state index contributed by atoms with van der Waals surface area (Å²) in [4.78, 5) is 12.6. The fraction of sp³-hybridized carbons (Fsp3) is 0.500. The minimum atomic E-state index is -2.92. The van der Waals surface area contributed by atoms with Crippen molar-refractivity contribution in [2.45, 2.75) is 30.2 Å². The molecule has 4 rings (SSSR count). The molecule has 9 nitrogen and oxygen atoms in total. The maximum Gasteiger partial charge on any atom is 0.237 e. The summed E-state index contributed by atoms with van der Waals surface area (Å²) in [6.45, 7) is 1.98.